The van der Waals surface area contributed by atoms with E-state index >= 15 is 0 Å². The van der Waals surface area contributed by atoms with E-state index in [1.54, 1.807) is 27.7 Å². The molecule has 0 heterocycles. The van der Waals surface area contributed by atoms with E-state index in [1.165, 1.54) is 6.21 Å². The molecule has 1 amide bonds. The minimum absolute atomic E-state index is 0.185. The average molecular weight is 187 g/mol. The second-order valence-electron chi connectivity index (χ2n) is 3.75. The molecule has 0 aromatic rings. The summed E-state index contributed by atoms with van der Waals surface area (Å²) in [6.45, 7) is 7.09. The Hall–Kier alpha value is -1.10. The average Bonchev–Trinajstić information content (AvgIpc) is 1.81. The number of ether oxygens (including phenoxy) is 1. The molecule has 5 nitrogen and oxygen atoms in total. The van der Waals surface area contributed by atoms with Crippen LogP contribution in [0, 0.1) is 0 Å². The van der Waals surface area contributed by atoms with Crippen molar-refractivity contribution in [1.29, 1.82) is 0 Å². The van der Waals surface area contributed by atoms with Crippen molar-refractivity contribution in [2.75, 3.05) is 0 Å². The third-order valence-corrected chi connectivity index (χ3v) is 0.864. The maximum absolute atomic E-state index is 11.0. The Labute approximate surface area is 78.3 Å². The molecule has 0 bridgehead atoms. The van der Waals surface area contributed by atoms with Crippen molar-refractivity contribution >= 4 is 12.3 Å². The third kappa shape index (κ3) is 8.81. The fraction of sp³-hybridized carbons (Fsp3) is 0.750. The van der Waals surface area contributed by atoms with Crippen molar-refractivity contribution in [3.8, 4) is 0 Å². The van der Waals surface area contributed by atoms with Gasteiger partial charge in [0.05, 0.1) is 0 Å². The van der Waals surface area contributed by atoms with Crippen molar-refractivity contribution in [1.82, 2.24) is 5.43 Å². The van der Waals surface area contributed by atoms with E-state index in [9.17, 15) is 4.79 Å². The molecule has 3 N–H and O–H groups in total. The highest BCUT2D eigenvalue weighted by Crippen LogP contribution is 2.05. The van der Waals surface area contributed by atoms with Crippen LogP contribution in [0.4, 0.5) is 4.79 Å². The molecule has 0 saturated carbocycles. The summed E-state index contributed by atoms with van der Waals surface area (Å²) in [5, 5.41) is 3.58. The first-order valence-electron chi connectivity index (χ1n) is 4.09. The number of hydrogen-bond acceptors (Lipinski definition) is 4. The monoisotopic (exact) mass is 187 g/mol. The van der Waals surface area contributed by atoms with Crippen molar-refractivity contribution in [3.05, 3.63) is 0 Å². The number of carbonyl (C=O) groups excluding carboxylic acids is 1. The SMILES string of the molecule is CC(N)/C=N/NC(=O)OC(C)(C)C. The largest absolute Gasteiger partial charge is 0.443 e. The Morgan fingerprint density at radius 3 is 2.54 bits per heavy atom. The van der Waals surface area contributed by atoms with Crippen LogP contribution < -0.4 is 11.2 Å². The fourth-order valence-electron chi connectivity index (χ4n) is 0.508. The first-order valence-corrected chi connectivity index (χ1v) is 4.09. The molecule has 0 fully saturated rings. The molecule has 0 aliphatic rings. The molecule has 0 aromatic carbocycles. The number of nitrogens with one attached hydrogen (secondary N) is 1. The summed E-state index contributed by atoms with van der Waals surface area (Å²) in [7, 11) is 0. The van der Waals surface area contributed by atoms with Crippen LogP contribution in [0.15, 0.2) is 5.10 Å². The molecule has 0 aliphatic carbocycles. The standard InChI is InChI=1S/C8H17N3O2/c1-6(9)5-10-11-7(12)13-8(2,3)4/h5-6H,9H2,1-4H3,(H,11,12)/b10-5+. The Kier molecular flexibility index (Phi) is 4.40. The summed E-state index contributed by atoms with van der Waals surface area (Å²) >= 11 is 0. The normalized spacial score (nSPS) is 14.2. The molecule has 13 heavy (non-hydrogen) atoms. The smallest absolute Gasteiger partial charge is 0.428 e. The number of hydrazone groups is 1. The van der Waals surface area contributed by atoms with Crippen molar-refractivity contribution in [2.45, 2.75) is 39.3 Å². The first kappa shape index (κ1) is 11.9. The Morgan fingerprint density at radius 1 is 1.62 bits per heavy atom. The second kappa shape index (κ2) is 4.81. The Bertz CT molecular complexity index is 194. The van der Waals surface area contributed by atoms with Crippen LogP contribution in [0.1, 0.15) is 27.7 Å². The van der Waals surface area contributed by atoms with Crippen LogP contribution in [0.25, 0.3) is 0 Å². The molecule has 0 saturated heterocycles. The van der Waals surface area contributed by atoms with E-state index in [-0.39, 0.29) is 6.04 Å². The van der Waals surface area contributed by atoms with Crippen molar-refractivity contribution in [2.24, 2.45) is 10.8 Å². The number of hydrogen-bond donors (Lipinski definition) is 2. The molecule has 0 rings (SSSR count). The van der Waals surface area contributed by atoms with Gasteiger partial charge in [-0.05, 0) is 27.7 Å². The molecule has 5 heteroatoms. The molecule has 0 radical (unpaired) electrons. The lowest BCUT2D eigenvalue weighted by Gasteiger charge is -2.18. The van der Waals surface area contributed by atoms with Gasteiger partial charge in [0.25, 0.3) is 0 Å². The zero-order valence-corrected chi connectivity index (χ0v) is 8.50. The molecular weight excluding hydrogens is 170 g/mol. The minimum Gasteiger partial charge on any atom is -0.443 e. The number of nitrogens with two attached hydrogens (primary N) is 1. The van der Waals surface area contributed by atoms with Gasteiger partial charge in [-0.1, -0.05) is 0 Å². The van der Waals surface area contributed by atoms with E-state index in [1.807, 2.05) is 0 Å². The van der Waals surface area contributed by atoms with Gasteiger partial charge in [0.15, 0.2) is 0 Å². The summed E-state index contributed by atoms with van der Waals surface area (Å²) in [6.07, 6.45) is 0.841. The number of rotatable bonds is 2. The summed E-state index contributed by atoms with van der Waals surface area (Å²) < 4.78 is 4.91. The number of carbonyl (C=O) groups is 1. The third-order valence-electron chi connectivity index (χ3n) is 0.864. The molecule has 1 unspecified atom stereocenters. The highest BCUT2D eigenvalue weighted by molar-refractivity contribution is 5.70. The summed E-state index contributed by atoms with van der Waals surface area (Å²) in [4.78, 5) is 11.0. The molecule has 0 aromatic heterocycles. The van der Waals surface area contributed by atoms with Crippen LogP contribution >= 0.6 is 0 Å². The maximum Gasteiger partial charge on any atom is 0.428 e. The first-order chi connectivity index (χ1) is 5.81. The highest BCUT2D eigenvalue weighted by atomic mass is 16.6. The number of amides is 1. The highest BCUT2D eigenvalue weighted by Gasteiger charge is 2.15. The lowest BCUT2D eigenvalue weighted by molar-refractivity contribution is 0.0529. The van der Waals surface area contributed by atoms with Crippen LogP contribution in [0.3, 0.4) is 0 Å². The van der Waals surface area contributed by atoms with Crippen molar-refractivity contribution < 1.29 is 9.53 Å². The maximum atomic E-state index is 11.0. The minimum atomic E-state index is -0.579. The fourth-order valence-corrected chi connectivity index (χ4v) is 0.508. The second-order valence-corrected chi connectivity index (χ2v) is 3.75. The molecular formula is C8H17N3O2. The summed E-state index contributed by atoms with van der Waals surface area (Å²) in [5.41, 5.74) is 7.06. The molecule has 76 valence electrons. The summed E-state index contributed by atoms with van der Waals surface area (Å²) in [5.74, 6) is 0. The topological polar surface area (TPSA) is 76.7 Å². The van der Waals surface area contributed by atoms with E-state index in [2.05, 4.69) is 10.5 Å². The van der Waals surface area contributed by atoms with Crippen LogP contribution in [0.5, 0.6) is 0 Å². The van der Waals surface area contributed by atoms with E-state index in [4.69, 9.17) is 10.5 Å². The van der Waals surface area contributed by atoms with Gasteiger partial charge < -0.3 is 10.5 Å². The van der Waals surface area contributed by atoms with Gasteiger partial charge in [-0.25, -0.2) is 10.2 Å². The predicted octanol–water partition coefficient (Wildman–Crippen LogP) is 0.844. The van der Waals surface area contributed by atoms with Crippen LogP contribution in [-0.4, -0.2) is 24.0 Å². The zero-order chi connectivity index (χ0) is 10.5. The van der Waals surface area contributed by atoms with Gasteiger partial charge in [0, 0.05) is 12.3 Å². The van der Waals surface area contributed by atoms with Crippen LogP contribution in [-0.2, 0) is 4.74 Å². The Balaban J connectivity index is 3.77. The van der Waals surface area contributed by atoms with Gasteiger partial charge in [-0.3, -0.25) is 0 Å². The molecule has 0 aliphatic heterocycles. The van der Waals surface area contributed by atoms with Gasteiger partial charge in [-0.15, -0.1) is 0 Å². The molecule has 1 atom stereocenters. The van der Waals surface area contributed by atoms with Crippen LogP contribution in [0.2, 0.25) is 0 Å². The van der Waals surface area contributed by atoms with E-state index < -0.39 is 11.7 Å². The lowest BCUT2D eigenvalue weighted by Crippen LogP contribution is -2.30. The van der Waals surface area contributed by atoms with Gasteiger partial charge in [0.2, 0.25) is 0 Å². The van der Waals surface area contributed by atoms with Gasteiger partial charge in [0.1, 0.15) is 5.60 Å². The quantitative estimate of drug-likeness (QED) is 0.497. The zero-order valence-electron chi connectivity index (χ0n) is 8.50. The van der Waals surface area contributed by atoms with Gasteiger partial charge >= 0.3 is 6.09 Å². The summed E-state index contributed by atoms with van der Waals surface area (Å²) in [6, 6.07) is -0.185. The van der Waals surface area contributed by atoms with Crippen molar-refractivity contribution in [3.63, 3.8) is 0 Å². The van der Waals surface area contributed by atoms with E-state index in [0.717, 1.165) is 0 Å². The number of nitrogens with zero attached hydrogens (tertiary/aromatic N) is 1. The van der Waals surface area contributed by atoms with Gasteiger partial charge in [-0.2, -0.15) is 5.10 Å². The molecule has 0 spiro atoms. The Morgan fingerprint density at radius 2 is 2.15 bits per heavy atom. The van der Waals surface area contributed by atoms with E-state index in [0.29, 0.717) is 0 Å². The predicted molar refractivity (Wildman–Crippen MR) is 51.5 cm³/mol. The lowest BCUT2D eigenvalue weighted by atomic mass is 10.2.